The van der Waals surface area contributed by atoms with Crippen LogP contribution >= 0.6 is 11.6 Å². The molecule has 0 saturated carbocycles. The van der Waals surface area contributed by atoms with E-state index < -0.39 is 11.9 Å². The van der Waals surface area contributed by atoms with Gasteiger partial charge in [-0.3, -0.25) is 4.79 Å². The number of furan rings is 1. The number of rotatable bonds is 8. The van der Waals surface area contributed by atoms with Gasteiger partial charge in [-0.05, 0) is 52.0 Å². The van der Waals surface area contributed by atoms with Crippen molar-refractivity contribution in [2.75, 3.05) is 18.5 Å². The van der Waals surface area contributed by atoms with Crippen LogP contribution in [0.4, 0.5) is 11.7 Å². The number of carbonyl (C=O) groups is 3. The standard InChI is InChI=1S/C23H22ClN3O6/c1-5-31-22(29)16-11-25-19(14-7-9-15(24)10-8-14)26-20(16)27-21-18(23(30)32-6-2)17(12(3)28)13(4)33-21/h7-11H,5-6H2,1-4H3,(H,25,26,27). The molecule has 2 aromatic heterocycles. The average molecular weight is 472 g/mol. The van der Waals surface area contributed by atoms with Crippen LogP contribution in [-0.4, -0.2) is 40.9 Å². The van der Waals surface area contributed by atoms with Gasteiger partial charge in [0.2, 0.25) is 5.88 Å². The molecule has 172 valence electrons. The molecule has 3 rings (SSSR count). The van der Waals surface area contributed by atoms with Crippen molar-refractivity contribution in [3.8, 4) is 11.4 Å². The molecule has 1 N–H and O–H groups in total. The van der Waals surface area contributed by atoms with Gasteiger partial charge in [0, 0.05) is 16.8 Å². The minimum atomic E-state index is -0.744. The van der Waals surface area contributed by atoms with E-state index in [1.807, 2.05) is 0 Å². The summed E-state index contributed by atoms with van der Waals surface area (Å²) in [4.78, 5) is 46.0. The van der Waals surface area contributed by atoms with Gasteiger partial charge in [0.05, 0.1) is 18.8 Å². The lowest BCUT2D eigenvalue weighted by molar-refractivity contribution is 0.0517. The first kappa shape index (κ1) is 23.9. The summed E-state index contributed by atoms with van der Waals surface area (Å²) in [6.07, 6.45) is 1.31. The van der Waals surface area contributed by atoms with E-state index in [4.69, 9.17) is 25.5 Å². The topological polar surface area (TPSA) is 121 Å². The minimum Gasteiger partial charge on any atom is -0.462 e. The Labute approximate surface area is 195 Å². The molecule has 3 aromatic rings. The van der Waals surface area contributed by atoms with E-state index in [1.54, 1.807) is 45.0 Å². The number of anilines is 2. The third-order valence-electron chi connectivity index (χ3n) is 4.53. The summed E-state index contributed by atoms with van der Waals surface area (Å²) in [7, 11) is 0. The highest BCUT2D eigenvalue weighted by molar-refractivity contribution is 6.30. The van der Waals surface area contributed by atoms with Crippen molar-refractivity contribution in [2.24, 2.45) is 0 Å². The van der Waals surface area contributed by atoms with E-state index in [-0.39, 0.29) is 59.0 Å². The van der Waals surface area contributed by atoms with E-state index >= 15 is 0 Å². The van der Waals surface area contributed by atoms with E-state index in [1.165, 1.54) is 13.1 Å². The minimum absolute atomic E-state index is 0.0165. The number of aromatic nitrogens is 2. The zero-order chi connectivity index (χ0) is 24.1. The maximum Gasteiger partial charge on any atom is 0.344 e. The Morgan fingerprint density at radius 1 is 1.03 bits per heavy atom. The Balaban J connectivity index is 2.14. The number of nitrogens with zero attached hydrogens (tertiary/aromatic N) is 2. The van der Waals surface area contributed by atoms with Crippen LogP contribution < -0.4 is 5.32 Å². The van der Waals surface area contributed by atoms with Crippen LogP contribution in [0.3, 0.4) is 0 Å². The van der Waals surface area contributed by atoms with Crippen LogP contribution in [0.1, 0.15) is 57.6 Å². The second-order valence-electron chi connectivity index (χ2n) is 6.82. The number of hydrogen-bond acceptors (Lipinski definition) is 9. The van der Waals surface area contributed by atoms with E-state index in [0.717, 1.165) is 0 Å². The third kappa shape index (κ3) is 5.20. The lowest BCUT2D eigenvalue weighted by Crippen LogP contribution is -2.14. The molecule has 9 nitrogen and oxygen atoms in total. The molecular formula is C23H22ClN3O6. The van der Waals surface area contributed by atoms with Crippen molar-refractivity contribution in [1.29, 1.82) is 0 Å². The van der Waals surface area contributed by atoms with Crippen LogP contribution in [0.2, 0.25) is 5.02 Å². The first-order chi connectivity index (χ1) is 15.8. The van der Waals surface area contributed by atoms with Gasteiger partial charge >= 0.3 is 11.9 Å². The van der Waals surface area contributed by atoms with Crippen molar-refractivity contribution in [2.45, 2.75) is 27.7 Å². The van der Waals surface area contributed by atoms with Gasteiger partial charge in [-0.15, -0.1) is 0 Å². The summed E-state index contributed by atoms with van der Waals surface area (Å²) < 4.78 is 15.9. The smallest absolute Gasteiger partial charge is 0.344 e. The Kier molecular flexibility index (Phi) is 7.44. The summed E-state index contributed by atoms with van der Waals surface area (Å²) in [6, 6.07) is 6.81. The lowest BCUT2D eigenvalue weighted by Gasteiger charge is -2.11. The second-order valence-corrected chi connectivity index (χ2v) is 7.26. The number of carbonyl (C=O) groups excluding carboxylic acids is 3. The predicted octanol–water partition coefficient (Wildman–Crippen LogP) is 5.00. The van der Waals surface area contributed by atoms with Crippen molar-refractivity contribution < 1.29 is 28.3 Å². The second kappa shape index (κ2) is 10.3. The van der Waals surface area contributed by atoms with Gasteiger partial charge in [-0.1, -0.05) is 11.6 Å². The van der Waals surface area contributed by atoms with Crippen molar-refractivity contribution in [1.82, 2.24) is 9.97 Å². The fourth-order valence-corrected chi connectivity index (χ4v) is 3.26. The maximum atomic E-state index is 12.6. The van der Waals surface area contributed by atoms with Gasteiger partial charge in [-0.25, -0.2) is 19.6 Å². The van der Waals surface area contributed by atoms with Crippen molar-refractivity contribution >= 4 is 41.0 Å². The highest BCUT2D eigenvalue weighted by atomic mass is 35.5. The highest BCUT2D eigenvalue weighted by Crippen LogP contribution is 2.32. The molecule has 0 fully saturated rings. The maximum absolute atomic E-state index is 12.6. The number of nitrogens with one attached hydrogen (secondary N) is 1. The van der Waals surface area contributed by atoms with Gasteiger partial charge in [0.25, 0.3) is 0 Å². The molecule has 0 bridgehead atoms. The first-order valence-corrected chi connectivity index (χ1v) is 10.5. The summed E-state index contributed by atoms with van der Waals surface area (Å²) in [5.41, 5.74) is 0.662. The predicted molar refractivity (Wildman–Crippen MR) is 121 cm³/mol. The van der Waals surface area contributed by atoms with Crippen LogP contribution in [0.15, 0.2) is 34.9 Å². The Morgan fingerprint density at radius 2 is 1.67 bits per heavy atom. The molecule has 1 aromatic carbocycles. The molecule has 0 spiro atoms. The van der Waals surface area contributed by atoms with Gasteiger partial charge in [0.15, 0.2) is 17.4 Å². The zero-order valence-electron chi connectivity index (χ0n) is 18.5. The SMILES string of the molecule is CCOC(=O)c1cnc(-c2ccc(Cl)cc2)nc1Nc1oc(C)c(C(C)=O)c1C(=O)OCC. The van der Waals surface area contributed by atoms with Gasteiger partial charge < -0.3 is 19.2 Å². The number of benzene rings is 1. The molecule has 0 unspecified atom stereocenters. The quantitative estimate of drug-likeness (QED) is 0.357. The van der Waals surface area contributed by atoms with Crippen LogP contribution in [-0.2, 0) is 9.47 Å². The molecule has 2 heterocycles. The molecule has 33 heavy (non-hydrogen) atoms. The summed E-state index contributed by atoms with van der Waals surface area (Å²) in [5.74, 6) is -1.33. The first-order valence-electron chi connectivity index (χ1n) is 10.1. The van der Waals surface area contributed by atoms with E-state index in [9.17, 15) is 14.4 Å². The Morgan fingerprint density at radius 3 is 2.27 bits per heavy atom. The Bertz CT molecular complexity index is 1200. The third-order valence-corrected chi connectivity index (χ3v) is 4.79. The van der Waals surface area contributed by atoms with Crippen molar-refractivity contribution in [3.63, 3.8) is 0 Å². The molecule has 0 aliphatic rings. The monoisotopic (exact) mass is 471 g/mol. The number of halogens is 1. The van der Waals surface area contributed by atoms with Gasteiger partial charge in [0.1, 0.15) is 16.9 Å². The summed E-state index contributed by atoms with van der Waals surface area (Å²) in [6.45, 7) is 6.42. The number of Topliss-reactive ketones (excluding diaryl/α,β-unsaturated/α-hetero) is 1. The number of ether oxygens (including phenoxy) is 2. The molecule has 0 aliphatic carbocycles. The number of ketones is 1. The summed E-state index contributed by atoms with van der Waals surface area (Å²) >= 11 is 5.96. The fourth-order valence-electron chi connectivity index (χ4n) is 3.14. The van der Waals surface area contributed by atoms with Crippen LogP contribution in [0.25, 0.3) is 11.4 Å². The number of hydrogen-bond donors (Lipinski definition) is 1. The van der Waals surface area contributed by atoms with Gasteiger partial charge in [-0.2, -0.15) is 0 Å². The van der Waals surface area contributed by atoms with Crippen LogP contribution in [0, 0.1) is 6.92 Å². The number of aryl methyl sites for hydroxylation is 1. The lowest BCUT2D eigenvalue weighted by atomic mass is 10.1. The normalized spacial score (nSPS) is 10.6. The fraction of sp³-hybridized carbons (Fsp3) is 0.261. The number of esters is 2. The highest BCUT2D eigenvalue weighted by Gasteiger charge is 2.29. The molecule has 0 saturated heterocycles. The van der Waals surface area contributed by atoms with Crippen molar-refractivity contribution in [3.05, 3.63) is 57.9 Å². The molecule has 0 radical (unpaired) electrons. The van der Waals surface area contributed by atoms with Crippen LogP contribution in [0.5, 0.6) is 0 Å². The van der Waals surface area contributed by atoms with E-state index in [2.05, 4.69) is 15.3 Å². The zero-order valence-corrected chi connectivity index (χ0v) is 19.3. The molecule has 0 amide bonds. The molecular weight excluding hydrogens is 450 g/mol. The van der Waals surface area contributed by atoms with E-state index in [0.29, 0.717) is 10.6 Å². The molecule has 0 aliphatic heterocycles. The molecule has 0 atom stereocenters. The summed E-state index contributed by atoms with van der Waals surface area (Å²) in [5, 5.41) is 3.40. The Hall–Kier alpha value is -3.72. The largest absolute Gasteiger partial charge is 0.462 e. The molecule has 10 heteroatoms. The average Bonchev–Trinajstić information content (AvgIpc) is 3.10.